The third-order valence-electron chi connectivity index (χ3n) is 9.29. The van der Waals surface area contributed by atoms with E-state index in [2.05, 4.69) is 24.3 Å². The number of hydrogen-bond acceptors (Lipinski definition) is 3. The Hall–Kier alpha value is -0.780. The average molecular weight is 611 g/mol. The normalized spacial score (nSPS) is 23.1. The lowest BCUT2D eigenvalue weighted by Gasteiger charge is -2.38. The Labute approximate surface area is 265 Å². The summed E-state index contributed by atoms with van der Waals surface area (Å²) < 4.78 is 43.1. The van der Waals surface area contributed by atoms with Crippen LogP contribution in [0.1, 0.15) is 167 Å². The molecule has 2 heterocycles. The molecule has 4 unspecified atom stereocenters. The summed E-state index contributed by atoms with van der Waals surface area (Å²) in [6, 6.07) is 0. The van der Waals surface area contributed by atoms with Gasteiger partial charge in [0.1, 0.15) is 0 Å². The largest absolute Gasteiger partial charge is 0.352 e. The lowest BCUT2D eigenvalue weighted by molar-refractivity contribution is -0.297. The van der Waals surface area contributed by atoms with Crippen molar-refractivity contribution < 1.29 is 23.0 Å². The van der Waals surface area contributed by atoms with Crippen LogP contribution >= 0.6 is 0 Å². The Balaban J connectivity index is 1.55. The van der Waals surface area contributed by atoms with Gasteiger partial charge in [0.25, 0.3) is 0 Å². The summed E-state index contributed by atoms with van der Waals surface area (Å²) in [6.45, 7) is 1.28. The third kappa shape index (κ3) is 20.8. The molecule has 2 rings (SSSR count). The Morgan fingerprint density at radius 3 is 1.21 bits per heavy atom. The fourth-order valence-corrected chi connectivity index (χ4v) is 6.55. The van der Waals surface area contributed by atoms with Gasteiger partial charge in [-0.05, 0) is 89.9 Å². The summed E-state index contributed by atoms with van der Waals surface area (Å²) in [5, 5.41) is 0. The second-order valence-corrected chi connectivity index (χ2v) is 13.1. The molecule has 2 aliphatic heterocycles. The van der Waals surface area contributed by atoms with Gasteiger partial charge in [0, 0.05) is 25.0 Å². The van der Waals surface area contributed by atoms with E-state index in [0.717, 1.165) is 77.4 Å². The van der Waals surface area contributed by atoms with E-state index >= 15 is 0 Å². The van der Waals surface area contributed by atoms with Crippen LogP contribution in [-0.2, 0) is 14.2 Å². The van der Waals surface area contributed by atoms with Crippen LogP contribution in [-0.4, -0.2) is 39.1 Å². The highest BCUT2D eigenvalue weighted by Gasteiger charge is 2.33. The van der Waals surface area contributed by atoms with Crippen molar-refractivity contribution >= 4 is 0 Å². The minimum absolute atomic E-state index is 0.128. The average Bonchev–Trinajstić information content (AvgIpc) is 3.03. The van der Waals surface area contributed by atoms with Gasteiger partial charge in [0.15, 0.2) is 12.6 Å². The first-order valence-corrected chi connectivity index (χ1v) is 18.7. The van der Waals surface area contributed by atoms with Crippen LogP contribution in [0, 0.1) is 11.8 Å². The molecule has 4 atom stereocenters. The molecule has 0 N–H and O–H groups in total. The van der Waals surface area contributed by atoms with Crippen molar-refractivity contribution in [2.75, 3.05) is 26.6 Å². The zero-order chi connectivity index (χ0) is 30.5. The Kier molecular flexibility index (Phi) is 25.6. The minimum Gasteiger partial charge on any atom is -0.352 e. The van der Waals surface area contributed by atoms with Crippen LogP contribution in [0.4, 0.5) is 8.78 Å². The maximum absolute atomic E-state index is 12.1. The number of hydrogen-bond donors (Lipinski definition) is 0. The number of alkyl halides is 2. The van der Waals surface area contributed by atoms with Crippen molar-refractivity contribution in [3.8, 4) is 0 Å². The summed E-state index contributed by atoms with van der Waals surface area (Å²) in [4.78, 5) is 0. The molecule has 2 fully saturated rings. The molecule has 0 spiro atoms. The molecule has 0 amide bonds. The first-order chi connectivity index (χ1) is 21.3. The van der Waals surface area contributed by atoms with Crippen LogP contribution in [0.5, 0.6) is 0 Å². The standard InChI is InChI=1S/C38H68F2O3/c39-31-23-19-15-11-7-3-1-5-9-13-17-21-27-35-29-25-33-41-37(35)43-38-36(30-26-34-42-38)28-22-18-14-10-6-2-4-8-12-16-20-24-32-40/h13-14,17-18,35-38H,1-12,15-16,19-34H2/b17-13-,18-14-. The summed E-state index contributed by atoms with van der Waals surface area (Å²) in [6.07, 6.45) is 39.5. The van der Waals surface area contributed by atoms with Crippen molar-refractivity contribution in [1.29, 1.82) is 0 Å². The van der Waals surface area contributed by atoms with Crippen LogP contribution in [0.2, 0.25) is 0 Å². The number of allylic oxidation sites excluding steroid dienone is 4. The van der Waals surface area contributed by atoms with Gasteiger partial charge in [-0.15, -0.1) is 0 Å². The molecule has 0 aromatic heterocycles. The number of halogens is 2. The van der Waals surface area contributed by atoms with E-state index in [4.69, 9.17) is 14.2 Å². The van der Waals surface area contributed by atoms with Crippen molar-refractivity contribution in [2.45, 2.75) is 180 Å². The van der Waals surface area contributed by atoms with Crippen molar-refractivity contribution in [1.82, 2.24) is 0 Å². The molecule has 2 saturated heterocycles. The Bertz CT molecular complexity index is 601. The van der Waals surface area contributed by atoms with Gasteiger partial charge in [-0.1, -0.05) is 101 Å². The molecule has 5 heteroatoms. The van der Waals surface area contributed by atoms with E-state index in [9.17, 15) is 8.78 Å². The fourth-order valence-electron chi connectivity index (χ4n) is 6.55. The van der Waals surface area contributed by atoms with Gasteiger partial charge in [0.2, 0.25) is 0 Å². The molecule has 0 aliphatic carbocycles. The van der Waals surface area contributed by atoms with E-state index in [1.165, 1.54) is 103 Å². The lowest BCUT2D eigenvalue weighted by Crippen LogP contribution is -2.41. The monoisotopic (exact) mass is 611 g/mol. The Morgan fingerprint density at radius 2 is 0.814 bits per heavy atom. The van der Waals surface area contributed by atoms with Gasteiger partial charge >= 0.3 is 0 Å². The van der Waals surface area contributed by atoms with Crippen molar-refractivity contribution in [2.24, 2.45) is 11.8 Å². The maximum atomic E-state index is 12.1. The lowest BCUT2D eigenvalue weighted by atomic mass is 9.93. The van der Waals surface area contributed by atoms with Crippen LogP contribution in [0.15, 0.2) is 24.3 Å². The van der Waals surface area contributed by atoms with Gasteiger partial charge in [0.05, 0.1) is 13.3 Å². The van der Waals surface area contributed by atoms with Gasteiger partial charge in [-0.2, -0.15) is 0 Å². The molecule has 0 radical (unpaired) electrons. The molecule has 0 saturated carbocycles. The van der Waals surface area contributed by atoms with E-state index in [0.29, 0.717) is 11.8 Å². The molecule has 252 valence electrons. The van der Waals surface area contributed by atoms with Crippen LogP contribution in [0.25, 0.3) is 0 Å². The van der Waals surface area contributed by atoms with Gasteiger partial charge < -0.3 is 14.2 Å². The highest BCUT2D eigenvalue weighted by atomic mass is 19.1. The molecule has 0 aromatic carbocycles. The predicted octanol–water partition coefficient (Wildman–Crippen LogP) is 12.1. The molecular weight excluding hydrogens is 542 g/mol. The first-order valence-electron chi connectivity index (χ1n) is 18.7. The zero-order valence-electron chi connectivity index (χ0n) is 27.8. The number of rotatable bonds is 28. The van der Waals surface area contributed by atoms with Gasteiger partial charge in [-0.3, -0.25) is 8.78 Å². The summed E-state index contributed by atoms with van der Waals surface area (Å²) >= 11 is 0. The summed E-state index contributed by atoms with van der Waals surface area (Å²) in [7, 11) is 0. The predicted molar refractivity (Wildman–Crippen MR) is 178 cm³/mol. The van der Waals surface area contributed by atoms with Gasteiger partial charge in [-0.25, -0.2) is 0 Å². The second-order valence-electron chi connectivity index (χ2n) is 13.1. The zero-order valence-corrected chi connectivity index (χ0v) is 27.8. The second kappa shape index (κ2) is 28.7. The number of unbranched alkanes of at least 4 members (excludes halogenated alkanes) is 16. The van der Waals surface area contributed by atoms with Crippen molar-refractivity contribution in [3.63, 3.8) is 0 Å². The van der Waals surface area contributed by atoms with E-state index < -0.39 is 0 Å². The van der Waals surface area contributed by atoms with E-state index in [1.807, 2.05) is 0 Å². The molecular formula is C38H68F2O3. The van der Waals surface area contributed by atoms with Crippen LogP contribution in [0.3, 0.4) is 0 Å². The topological polar surface area (TPSA) is 27.7 Å². The smallest absolute Gasteiger partial charge is 0.163 e. The SMILES string of the molecule is FCCCCCCCCCC/C=C\CCC1CCCOC1OC1OCCCC1CC/C=C\CCCCCCCCCCF. The van der Waals surface area contributed by atoms with E-state index in [-0.39, 0.29) is 25.9 Å². The summed E-state index contributed by atoms with van der Waals surface area (Å²) in [5.41, 5.74) is 0. The molecule has 0 bridgehead atoms. The number of ether oxygens (including phenoxy) is 3. The van der Waals surface area contributed by atoms with Crippen LogP contribution < -0.4 is 0 Å². The molecule has 3 nitrogen and oxygen atoms in total. The molecule has 43 heavy (non-hydrogen) atoms. The quantitative estimate of drug-likeness (QED) is 0.0651. The molecule has 2 aliphatic rings. The first kappa shape index (κ1) is 38.4. The fraction of sp³-hybridized carbons (Fsp3) is 0.895. The highest BCUT2D eigenvalue weighted by Crippen LogP contribution is 2.32. The maximum Gasteiger partial charge on any atom is 0.163 e. The summed E-state index contributed by atoms with van der Waals surface area (Å²) in [5.74, 6) is 0.911. The highest BCUT2D eigenvalue weighted by molar-refractivity contribution is 4.85. The third-order valence-corrected chi connectivity index (χ3v) is 9.29. The molecule has 0 aromatic rings. The Morgan fingerprint density at radius 1 is 0.465 bits per heavy atom. The van der Waals surface area contributed by atoms with E-state index in [1.54, 1.807) is 0 Å². The minimum atomic E-state index is -0.157. The van der Waals surface area contributed by atoms with Crippen molar-refractivity contribution in [3.05, 3.63) is 24.3 Å².